The third kappa shape index (κ3) is 3.91. The molecule has 0 saturated carbocycles. The van der Waals surface area contributed by atoms with Gasteiger partial charge in [-0.1, -0.05) is 12.1 Å². The fourth-order valence-corrected chi connectivity index (χ4v) is 3.98. The number of amides is 2. The summed E-state index contributed by atoms with van der Waals surface area (Å²) in [6, 6.07) is 6.12. The fourth-order valence-electron chi connectivity index (χ4n) is 3.98. The minimum absolute atomic E-state index is 0.0180. The van der Waals surface area contributed by atoms with Crippen LogP contribution in [-0.4, -0.2) is 73.3 Å². The Bertz CT molecular complexity index is 705. The first-order valence-corrected chi connectivity index (χ1v) is 9.38. The third-order valence-corrected chi connectivity index (χ3v) is 5.54. The van der Waals surface area contributed by atoms with E-state index in [2.05, 4.69) is 5.32 Å². The second-order valence-corrected chi connectivity index (χ2v) is 7.41. The molecule has 0 aliphatic carbocycles. The average molecular weight is 377 g/mol. The highest BCUT2D eigenvalue weighted by atomic mass is 19.1. The van der Waals surface area contributed by atoms with Crippen molar-refractivity contribution in [2.24, 2.45) is 0 Å². The molecule has 0 unspecified atom stereocenters. The van der Waals surface area contributed by atoms with Crippen molar-refractivity contribution in [2.45, 2.75) is 24.5 Å². The van der Waals surface area contributed by atoms with E-state index in [1.54, 1.807) is 17.0 Å². The van der Waals surface area contributed by atoms with Gasteiger partial charge in [0, 0.05) is 19.4 Å². The van der Waals surface area contributed by atoms with Crippen molar-refractivity contribution in [2.75, 3.05) is 45.9 Å². The second-order valence-electron chi connectivity index (χ2n) is 7.41. The number of ether oxygens (including phenoxy) is 2. The standard InChI is InChI=1S/C19H24FN3O4/c20-15-3-1-14(2-4-15)16-11-22(9-10-26-16)17(24)12-23-13-19(27-18(23)25)5-7-21-8-6-19/h1-4,16,21H,5-13H2/t16-/m0/s1. The Hall–Kier alpha value is -2.19. The van der Waals surface area contributed by atoms with Crippen molar-refractivity contribution < 1.29 is 23.5 Å². The Labute approximate surface area is 157 Å². The zero-order valence-electron chi connectivity index (χ0n) is 15.2. The summed E-state index contributed by atoms with van der Waals surface area (Å²) in [7, 11) is 0. The molecular formula is C19H24FN3O4. The van der Waals surface area contributed by atoms with Crippen LogP contribution < -0.4 is 5.32 Å². The fraction of sp³-hybridized carbons (Fsp3) is 0.579. The molecule has 3 fully saturated rings. The second kappa shape index (κ2) is 7.44. The van der Waals surface area contributed by atoms with Crippen LogP contribution in [-0.2, 0) is 14.3 Å². The third-order valence-electron chi connectivity index (χ3n) is 5.54. The lowest BCUT2D eigenvalue weighted by atomic mass is 9.92. The van der Waals surface area contributed by atoms with Gasteiger partial charge in [-0.25, -0.2) is 9.18 Å². The van der Waals surface area contributed by atoms with Crippen LogP contribution in [0.25, 0.3) is 0 Å². The van der Waals surface area contributed by atoms with Gasteiger partial charge >= 0.3 is 6.09 Å². The largest absolute Gasteiger partial charge is 0.441 e. The summed E-state index contributed by atoms with van der Waals surface area (Å²) < 4.78 is 24.5. The van der Waals surface area contributed by atoms with E-state index in [1.165, 1.54) is 17.0 Å². The van der Waals surface area contributed by atoms with E-state index in [1.807, 2.05) is 0 Å². The van der Waals surface area contributed by atoms with E-state index in [0.29, 0.717) is 26.2 Å². The van der Waals surface area contributed by atoms with Crippen molar-refractivity contribution >= 4 is 12.0 Å². The van der Waals surface area contributed by atoms with Gasteiger partial charge < -0.3 is 19.7 Å². The molecule has 8 heteroatoms. The van der Waals surface area contributed by atoms with Crippen molar-refractivity contribution in [3.63, 3.8) is 0 Å². The van der Waals surface area contributed by atoms with E-state index in [9.17, 15) is 14.0 Å². The van der Waals surface area contributed by atoms with Gasteiger partial charge in [0.2, 0.25) is 5.91 Å². The van der Waals surface area contributed by atoms with Gasteiger partial charge in [0.05, 0.1) is 19.7 Å². The molecular weight excluding hydrogens is 353 g/mol. The summed E-state index contributed by atoms with van der Waals surface area (Å²) in [6.07, 6.45) is 0.847. The number of morpholine rings is 1. The summed E-state index contributed by atoms with van der Waals surface area (Å²) >= 11 is 0. The number of carbonyl (C=O) groups is 2. The maximum Gasteiger partial charge on any atom is 0.410 e. The van der Waals surface area contributed by atoms with Gasteiger partial charge in [0.15, 0.2) is 0 Å². The van der Waals surface area contributed by atoms with Crippen LogP contribution in [0.2, 0.25) is 0 Å². The lowest BCUT2D eigenvalue weighted by Crippen LogP contribution is -2.48. The van der Waals surface area contributed by atoms with Crippen molar-refractivity contribution in [1.82, 2.24) is 15.1 Å². The number of halogens is 1. The molecule has 1 aromatic carbocycles. The molecule has 3 heterocycles. The molecule has 3 aliphatic rings. The summed E-state index contributed by atoms with van der Waals surface area (Å²) in [5.74, 6) is -0.421. The van der Waals surface area contributed by atoms with Gasteiger partial charge in [-0.15, -0.1) is 0 Å². The molecule has 1 aromatic rings. The number of rotatable bonds is 3. The number of carbonyl (C=O) groups excluding carboxylic acids is 2. The quantitative estimate of drug-likeness (QED) is 0.860. The highest BCUT2D eigenvalue weighted by molar-refractivity contribution is 5.83. The lowest BCUT2D eigenvalue weighted by Gasteiger charge is -2.34. The Morgan fingerprint density at radius 3 is 2.74 bits per heavy atom. The zero-order chi connectivity index (χ0) is 18.9. The highest BCUT2D eigenvalue weighted by Crippen LogP contribution is 2.31. The number of piperidine rings is 1. The first-order chi connectivity index (χ1) is 13.0. The van der Waals surface area contributed by atoms with Crippen LogP contribution in [0.3, 0.4) is 0 Å². The maximum absolute atomic E-state index is 13.1. The molecule has 27 heavy (non-hydrogen) atoms. The molecule has 7 nitrogen and oxygen atoms in total. The number of nitrogens with zero attached hydrogens (tertiary/aromatic N) is 2. The number of hydrogen-bond donors (Lipinski definition) is 1. The smallest absolute Gasteiger partial charge is 0.410 e. The predicted octanol–water partition coefficient (Wildman–Crippen LogP) is 1.30. The summed E-state index contributed by atoms with van der Waals surface area (Å²) in [4.78, 5) is 28.2. The minimum atomic E-state index is -0.454. The van der Waals surface area contributed by atoms with Gasteiger partial charge in [0.25, 0.3) is 0 Å². The Morgan fingerprint density at radius 2 is 2.00 bits per heavy atom. The number of benzene rings is 1. The van der Waals surface area contributed by atoms with E-state index in [4.69, 9.17) is 9.47 Å². The van der Waals surface area contributed by atoms with Gasteiger partial charge in [0.1, 0.15) is 24.1 Å². The van der Waals surface area contributed by atoms with Crippen LogP contribution in [0.5, 0.6) is 0 Å². The molecule has 1 atom stereocenters. The maximum atomic E-state index is 13.1. The summed E-state index contributed by atoms with van der Waals surface area (Å²) in [5.41, 5.74) is 0.382. The topological polar surface area (TPSA) is 71.1 Å². The molecule has 1 spiro atoms. The van der Waals surface area contributed by atoms with Crippen LogP contribution in [0.1, 0.15) is 24.5 Å². The molecule has 3 saturated heterocycles. The van der Waals surface area contributed by atoms with Crippen molar-refractivity contribution in [3.05, 3.63) is 35.6 Å². The lowest BCUT2D eigenvalue weighted by molar-refractivity contribution is -0.139. The number of hydrogen-bond acceptors (Lipinski definition) is 5. The molecule has 1 N–H and O–H groups in total. The van der Waals surface area contributed by atoms with Gasteiger partial charge in [-0.05, 0) is 30.8 Å². The van der Waals surface area contributed by atoms with Gasteiger partial charge in [-0.3, -0.25) is 9.69 Å². The molecule has 0 aromatic heterocycles. The molecule has 0 radical (unpaired) electrons. The van der Waals surface area contributed by atoms with Crippen LogP contribution in [0.15, 0.2) is 24.3 Å². The molecule has 3 aliphatic heterocycles. The zero-order valence-corrected chi connectivity index (χ0v) is 15.2. The minimum Gasteiger partial charge on any atom is -0.441 e. The van der Waals surface area contributed by atoms with Crippen molar-refractivity contribution in [1.29, 1.82) is 0 Å². The molecule has 0 bridgehead atoms. The SMILES string of the molecule is O=C(CN1CC2(CCNCC2)OC1=O)N1CCO[C@H](c2ccc(F)cc2)C1. The monoisotopic (exact) mass is 377 g/mol. The summed E-state index contributed by atoms with van der Waals surface area (Å²) in [6.45, 7) is 3.40. The summed E-state index contributed by atoms with van der Waals surface area (Å²) in [5, 5.41) is 3.26. The average Bonchev–Trinajstić information content (AvgIpc) is 2.97. The van der Waals surface area contributed by atoms with Crippen LogP contribution in [0, 0.1) is 5.82 Å². The first-order valence-electron chi connectivity index (χ1n) is 9.38. The molecule has 4 rings (SSSR count). The van der Waals surface area contributed by atoms with Crippen molar-refractivity contribution in [3.8, 4) is 0 Å². The Kier molecular flexibility index (Phi) is 5.01. The highest BCUT2D eigenvalue weighted by Gasteiger charge is 2.46. The van der Waals surface area contributed by atoms with E-state index >= 15 is 0 Å². The Balaban J connectivity index is 1.36. The van der Waals surface area contributed by atoms with E-state index in [0.717, 1.165) is 31.5 Å². The normalized spacial score (nSPS) is 24.9. The van der Waals surface area contributed by atoms with Gasteiger partial charge in [-0.2, -0.15) is 0 Å². The predicted molar refractivity (Wildman–Crippen MR) is 94.6 cm³/mol. The van der Waals surface area contributed by atoms with Crippen LogP contribution >= 0.6 is 0 Å². The first kappa shape index (κ1) is 18.2. The molecule has 2 amide bonds. The number of nitrogens with one attached hydrogen (secondary N) is 1. The molecule has 146 valence electrons. The Morgan fingerprint density at radius 1 is 1.26 bits per heavy atom. The van der Waals surface area contributed by atoms with Crippen LogP contribution in [0.4, 0.5) is 9.18 Å². The van der Waals surface area contributed by atoms with E-state index in [-0.39, 0.29) is 24.4 Å². The van der Waals surface area contributed by atoms with E-state index < -0.39 is 11.7 Å².